The van der Waals surface area contributed by atoms with Gasteiger partial charge in [-0.15, -0.1) is 40.9 Å². The molecule has 0 saturated carbocycles. The summed E-state index contributed by atoms with van der Waals surface area (Å²) in [5.41, 5.74) is 3.85. The van der Waals surface area contributed by atoms with Crippen molar-refractivity contribution in [1.82, 2.24) is 0 Å². The van der Waals surface area contributed by atoms with Crippen molar-refractivity contribution in [3.8, 4) is 5.75 Å². The molecule has 0 aliphatic rings. The zero-order chi connectivity index (χ0) is 28.5. The summed E-state index contributed by atoms with van der Waals surface area (Å²) >= 11 is 5.78. The molecule has 0 spiro atoms. The van der Waals surface area contributed by atoms with Gasteiger partial charge in [0.05, 0.1) is 30.2 Å². The molecule has 1 N–H and O–H groups in total. The zero-order valence-electron chi connectivity index (χ0n) is 22.7. The Labute approximate surface area is 257 Å². The number of ketones is 1. The van der Waals surface area contributed by atoms with E-state index in [-0.39, 0.29) is 55.9 Å². The Kier molecular flexibility index (Phi) is 14.5. The Balaban J connectivity index is 0.000000492. The number of alkyl halides is 3. The van der Waals surface area contributed by atoms with Crippen molar-refractivity contribution in [3.05, 3.63) is 93.0 Å². The van der Waals surface area contributed by atoms with Crippen LogP contribution in [-0.4, -0.2) is 16.6 Å². The molecule has 0 amide bonds. The minimum absolute atomic E-state index is 0. The number of carbonyl (C=O) groups excluding carboxylic acids is 1. The van der Waals surface area contributed by atoms with Gasteiger partial charge in [-0.2, -0.15) is 13.2 Å². The van der Waals surface area contributed by atoms with E-state index in [1.54, 1.807) is 31.2 Å². The van der Waals surface area contributed by atoms with Gasteiger partial charge in [0.15, 0.2) is 0 Å². The van der Waals surface area contributed by atoms with Crippen molar-refractivity contribution < 1.29 is 58.9 Å². The standard InChI is InChI=1S/C20H22F3NO2.C10H10ClO.U/c1-4-14(3)24-19-13(2)9-17(20(21,22)23)10-16(19)12-26-11-15-5-7-18(25)8-6-15;1-3-10(12)8-4-7(2)5-9(11)6-8;/h5-10,25H,4,11-12H2,1-3H3;5-6H,3H2,1-2H3;/q;-1;. The van der Waals surface area contributed by atoms with Crippen LogP contribution in [0.2, 0.25) is 5.02 Å². The van der Waals surface area contributed by atoms with Crippen LogP contribution in [-0.2, 0) is 24.1 Å². The monoisotopic (exact) mass is 784 g/mol. The molecule has 0 heterocycles. The Morgan fingerprint density at radius 3 is 2.21 bits per heavy atom. The Hall–Kier alpha value is -2.11. The summed E-state index contributed by atoms with van der Waals surface area (Å²) in [4.78, 5) is 15.7. The average molecular weight is 785 g/mol. The zero-order valence-corrected chi connectivity index (χ0v) is 27.6. The summed E-state index contributed by atoms with van der Waals surface area (Å²) < 4.78 is 45.0. The molecule has 39 heavy (non-hydrogen) atoms. The van der Waals surface area contributed by atoms with E-state index in [1.165, 1.54) is 12.1 Å². The van der Waals surface area contributed by atoms with Gasteiger partial charge in [0.1, 0.15) is 5.75 Å². The van der Waals surface area contributed by atoms with Gasteiger partial charge in [0, 0.05) is 42.4 Å². The third kappa shape index (κ3) is 11.5. The number of aryl methyl sites for hydroxylation is 2. The van der Waals surface area contributed by atoms with E-state index in [0.29, 0.717) is 40.2 Å². The Bertz CT molecular complexity index is 1260. The number of halogens is 4. The van der Waals surface area contributed by atoms with Crippen molar-refractivity contribution in [2.24, 2.45) is 4.99 Å². The number of carbonyl (C=O) groups is 1. The van der Waals surface area contributed by atoms with Gasteiger partial charge in [0.25, 0.3) is 0 Å². The fraction of sp³-hybridized carbons (Fsp3) is 0.333. The molecule has 3 rings (SSSR count). The van der Waals surface area contributed by atoms with E-state index in [4.69, 9.17) is 16.3 Å². The van der Waals surface area contributed by atoms with Gasteiger partial charge in [-0.3, -0.25) is 4.99 Å². The van der Waals surface area contributed by atoms with Gasteiger partial charge in [-0.1, -0.05) is 32.9 Å². The number of aromatic hydroxyl groups is 1. The van der Waals surface area contributed by atoms with Crippen molar-refractivity contribution in [1.29, 1.82) is 0 Å². The van der Waals surface area contributed by atoms with Crippen molar-refractivity contribution in [2.45, 2.75) is 66.9 Å². The molecule has 208 valence electrons. The van der Waals surface area contributed by atoms with E-state index in [0.717, 1.165) is 29.0 Å². The number of phenolic OH excluding ortho intramolecular Hbond substituents is 1. The third-order valence-corrected chi connectivity index (χ3v) is 5.79. The first-order valence-electron chi connectivity index (χ1n) is 12.2. The second kappa shape index (κ2) is 16.2. The fourth-order valence-corrected chi connectivity index (χ4v) is 3.71. The molecule has 0 aliphatic heterocycles. The molecule has 0 saturated heterocycles. The Morgan fingerprint density at radius 2 is 1.67 bits per heavy atom. The first kappa shape index (κ1) is 34.9. The second-order valence-electron chi connectivity index (χ2n) is 8.83. The van der Waals surface area contributed by atoms with Crippen LogP contribution in [0.3, 0.4) is 0 Å². The number of benzene rings is 3. The summed E-state index contributed by atoms with van der Waals surface area (Å²) in [5, 5.41) is 9.88. The predicted octanol–water partition coefficient (Wildman–Crippen LogP) is 8.98. The van der Waals surface area contributed by atoms with Crippen LogP contribution in [0.4, 0.5) is 18.9 Å². The van der Waals surface area contributed by atoms with Crippen LogP contribution in [0.15, 0.2) is 53.5 Å². The summed E-state index contributed by atoms with van der Waals surface area (Å²) in [6.45, 7) is 9.36. The van der Waals surface area contributed by atoms with E-state index < -0.39 is 11.7 Å². The second-order valence-corrected chi connectivity index (χ2v) is 9.27. The molecule has 4 nitrogen and oxygen atoms in total. The minimum Gasteiger partial charge on any atom is -0.508 e. The first-order chi connectivity index (χ1) is 17.8. The molecule has 0 atom stereocenters. The normalized spacial score (nSPS) is 11.4. The maximum absolute atomic E-state index is 13.1. The summed E-state index contributed by atoms with van der Waals surface area (Å²) in [6, 6.07) is 15.1. The molecule has 0 bridgehead atoms. The molecule has 0 aliphatic carbocycles. The average Bonchev–Trinajstić information content (AvgIpc) is 2.85. The van der Waals surface area contributed by atoms with E-state index >= 15 is 0 Å². The van der Waals surface area contributed by atoms with Gasteiger partial charge in [-0.05, 0) is 67.1 Å². The van der Waals surface area contributed by atoms with Gasteiger partial charge < -0.3 is 14.6 Å². The molecule has 0 unspecified atom stereocenters. The predicted molar refractivity (Wildman–Crippen MR) is 145 cm³/mol. The van der Waals surface area contributed by atoms with Crippen LogP contribution < -0.4 is 0 Å². The van der Waals surface area contributed by atoms with Crippen LogP contribution in [0.5, 0.6) is 5.75 Å². The minimum atomic E-state index is -4.42. The molecule has 3 aromatic rings. The molecule has 3 aromatic carbocycles. The van der Waals surface area contributed by atoms with E-state index in [1.807, 2.05) is 27.7 Å². The van der Waals surface area contributed by atoms with Crippen LogP contribution in [0.25, 0.3) is 0 Å². The van der Waals surface area contributed by atoms with Gasteiger partial charge >= 0.3 is 6.18 Å². The first-order valence-corrected chi connectivity index (χ1v) is 12.5. The molecular formula is C30H32ClF3NO3U-. The number of nitrogens with zero attached hydrogens (tertiary/aromatic N) is 1. The molecule has 0 fully saturated rings. The van der Waals surface area contributed by atoms with E-state index in [9.17, 15) is 23.1 Å². The molecule has 9 heteroatoms. The number of hydrogen-bond acceptors (Lipinski definition) is 4. The fourth-order valence-electron chi connectivity index (χ4n) is 3.44. The maximum Gasteiger partial charge on any atom is 0.416 e. The smallest absolute Gasteiger partial charge is 0.416 e. The number of phenols is 1. The maximum atomic E-state index is 13.1. The van der Waals surface area contributed by atoms with Crippen LogP contribution in [0.1, 0.15) is 71.8 Å². The van der Waals surface area contributed by atoms with Crippen molar-refractivity contribution >= 4 is 28.8 Å². The number of Topliss-reactive ketones (excluding diaryl/α,β-unsaturated/α-hetero) is 1. The molecule has 0 aromatic heterocycles. The molecular weight excluding hydrogens is 753 g/mol. The number of hydrogen-bond donors (Lipinski definition) is 1. The molecule has 0 radical (unpaired) electrons. The van der Waals surface area contributed by atoms with Crippen LogP contribution in [0, 0.1) is 51.0 Å². The van der Waals surface area contributed by atoms with Crippen molar-refractivity contribution in [2.75, 3.05) is 0 Å². The summed E-state index contributed by atoms with van der Waals surface area (Å²) in [7, 11) is 0. The van der Waals surface area contributed by atoms with Gasteiger partial charge in [0.2, 0.25) is 0 Å². The largest absolute Gasteiger partial charge is 0.508 e. The summed E-state index contributed by atoms with van der Waals surface area (Å²) in [5.74, 6) is 0.231. The van der Waals surface area contributed by atoms with Crippen LogP contribution >= 0.6 is 11.6 Å². The van der Waals surface area contributed by atoms with Gasteiger partial charge in [-0.25, -0.2) is 0 Å². The van der Waals surface area contributed by atoms with E-state index in [2.05, 4.69) is 11.1 Å². The quantitative estimate of drug-likeness (QED) is 0.141. The number of ether oxygens (including phenoxy) is 1. The Morgan fingerprint density at radius 1 is 1.03 bits per heavy atom. The SMILES string of the molecule is CCC(=O)c1[c-]c(C)cc(Cl)c1.CCC(C)=Nc1c(C)cc(C(F)(F)F)cc1COCc1ccc(O)cc1.[U]. The topological polar surface area (TPSA) is 58.9 Å². The number of aliphatic imine (C=N–C) groups is 1. The third-order valence-electron chi connectivity index (χ3n) is 5.57. The van der Waals surface area contributed by atoms with Crippen molar-refractivity contribution in [3.63, 3.8) is 0 Å². The number of rotatable bonds is 8. The summed E-state index contributed by atoms with van der Waals surface area (Å²) in [6.07, 6.45) is -3.21.